The second-order valence-corrected chi connectivity index (χ2v) is 4.10. The Morgan fingerprint density at radius 1 is 1.43 bits per heavy atom. The maximum absolute atomic E-state index is 11.4. The third-order valence-corrected chi connectivity index (χ3v) is 3.19. The predicted octanol–water partition coefficient (Wildman–Crippen LogP) is 1.88. The summed E-state index contributed by atoms with van der Waals surface area (Å²) in [4.78, 5) is 11.4. The zero-order valence-electron chi connectivity index (χ0n) is 9.08. The second-order valence-electron chi connectivity index (χ2n) is 4.10. The fourth-order valence-electron chi connectivity index (χ4n) is 2.00. The van der Waals surface area contributed by atoms with Crippen molar-refractivity contribution in [2.24, 2.45) is 5.92 Å². The molecule has 82 valence electrons. The zero-order chi connectivity index (χ0) is 10.6. The van der Waals surface area contributed by atoms with Crippen molar-refractivity contribution < 1.29 is 14.6 Å². The molecule has 0 aromatic heterocycles. The summed E-state index contributed by atoms with van der Waals surface area (Å²) in [5.41, 5.74) is -0.525. The summed E-state index contributed by atoms with van der Waals surface area (Å²) >= 11 is 0. The van der Waals surface area contributed by atoms with E-state index in [0.29, 0.717) is 6.61 Å². The molecule has 1 aliphatic carbocycles. The van der Waals surface area contributed by atoms with Gasteiger partial charge in [0.15, 0.2) is 0 Å². The first-order valence-electron chi connectivity index (χ1n) is 5.50. The first-order valence-corrected chi connectivity index (χ1v) is 5.50. The van der Waals surface area contributed by atoms with Crippen molar-refractivity contribution >= 4 is 5.97 Å². The van der Waals surface area contributed by atoms with Crippen molar-refractivity contribution in [3.63, 3.8) is 0 Å². The van der Waals surface area contributed by atoms with Crippen molar-refractivity contribution in [1.29, 1.82) is 0 Å². The number of esters is 1. The molecule has 0 radical (unpaired) electrons. The molecule has 1 aliphatic rings. The van der Waals surface area contributed by atoms with Gasteiger partial charge in [-0.15, -0.1) is 0 Å². The lowest BCUT2D eigenvalue weighted by Gasteiger charge is -2.34. The molecular weight excluding hydrogens is 180 g/mol. The van der Waals surface area contributed by atoms with Gasteiger partial charge in [-0.1, -0.05) is 6.92 Å². The van der Waals surface area contributed by atoms with Gasteiger partial charge in [0.1, 0.15) is 0 Å². The Kier molecular flexibility index (Phi) is 3.93. The van der Waals surface area contributed by atoms with Crippen molar-refractivity contribution in [2.75, 3.05) is 6.61 Å². The van der Waals surface area contributed by atoms with Crippen LogP contribution in [-0.2, 0) is 9.53 Å². The number of carbonyl (C=O) groups is 1. The molecule has 1 N–H and O–H groups in total. The number of hydrogen-bond donors (Lipinski definition) is 1. The van der Waals surface area contributed by atoms with Crippen LogP contribution < -0.4 is 0 Å². The first-order chi connectivity index (χ1) is 6.61. The van der Waals surface area contributed by atoms with Gasteiger partial charge in [0.05, 0.1) is 18.1 Å². The predicted molar refractivity (Wildman–Crippen MR) is 53.8 cm³/mol. The maximum Gasteiger partial charge on any atom is 0.308 e. The average molecular weight is 200 g/mol. The molecule has 3 heteroatoms. The number of hydrogen-bond acceptors (Lipinski definition) is 3. The summed E-state index contributed by atoms with van der Waals surface area (Å²) < 4.78 is 4.96. The Bertz CT molecular complexity index is 193. The minimum Gasteiger partial charge on any atom is -0.466 e. The average Bonchev–Trinajstić information content (AvgIpc) is 2.19. The van der Waals surface area contributed by atoms with Crippen molar-refractivity contribution in [3.05, 3.63) is 0 Å². The van der Waals surface area contributed by atoms with Crippen molar-refractivity contribution in [1.82, 2.24) is 0 Å². The minimum atomic E-state index is -0.525. The van der Waals surface area contributed by atoms with E-state index >= 15 is 0 Å². The van der Waals surface area contributed by atoms with E-state index in [1.807, 2.05) is 13.8 Å². The van der Waals surface area contributed by atoms with Gasteiger partial charge in [0.25, 0.3) is 0 Å². The highest BCUT2D eigenvalue weighted by Gasteiger charge is 2.34. The largest absolute Gasteiger partial charge is 0.466 e. The van der Waals surface area contributed by atoms with Crippen LogP contribution >= 0.6 is 0 Å². The monoisotopic (exact) mass is 200 g/mol. The quantitative estimate of drug-likeness (QED) is 0.707. The maximum atomic E-state index is 11.4. The minimum absolute atomic E-state index is 0.0155. The molecule has 14 heavy (non-hydrogen) atoms. The molecule has 1 saturated carbocycles. The first kappa shape index (κ1) is 11.5. The Labute approximate surface area is 85.5 Å². The molecule has 0 saturated heterocycles. The van der Waals surface area contributed by atoms with Gasteiger partial charge in [0.2, 0.25) is 0 Å². The van der Waals surface area contributed by atoms with Gasteiger partial charge >= 0.3 is 5.97 Å². The number of ether oxygens (including phenoxy) is 1. The lowest BCUT2D eigenvalue weighted by Crippen LogP contribution is -2.35. The molecule has 0 amide bonds. The summed E-state index contributed by atoms with van der Waals surface area (Å²) in [5.74, 6) is -0.0765. The zero-order valence-corrected chi connectivity index (χ0v) is 9.08. The van der Waals surface area contributed by atoms with Crippen molar-refractivity contribution in [2.45, 2.75) is 51.6 Å². The molecule has 3 nitrogen and oxygen atoms in total. The van der Waals surface area contributed by atoms with Crippen LogP contribution in [0.3, 0.4) is 0 Å². The van der Waals surface area contributed by atoms with Crippen molar-refractivity contribution in [3.8, 4) is 0 Å². The fraction of sp³-hybridized carbons (Fsp3) is 0.909. The van der Waals surface area contributed by atoms with E-state index in [0.717, 1.165) is 32.1 Å². The Hall–Kier alpha value is -0.570. The number of carbonyl (C=O) groups excluding carboxylic acids is 1. The summed E-state index contributed by atoms with van der Waals surface area (Å²) in [6.45, 7) is 4.27. The summed E-state index contributed by atoms with van der Waals surface area (Å²) in [7, 11) is 0. The molecule has 1 rings (SSSR count). The molecule has 0 heterocycles. The van der Waals surface area contributed by atoms with Crippen LogP contribution in [0.2, 0.25) is 0 Å². The van der Waals surface area contributed by atoms with Crippen LogP contribution in [0.1, 0.15) is 46.0 Å². The molecular formula is C11H20O3. The van der Waals surface area contributed by atoms with Gasteiger partial charge in [-0.3, -0.25) is 4.79 Å². The highest BCUT2D eigenvalue weighted by atomic mass is 16.5. The Morgan fingerprint density at radius 3 is 2.43 bits per heavy atom. The molecule has 0 aliphatic heterocycles. The Morgan fingerprint density at radius 2 is 2.00 bits per heavy atom. The van der Waals surface area contributed by atoms with E-state index in [1.165, 1.54) is 0 Å². The molecule has 0 bridgehead atoms. The van der Waals surface area contributed by atoms with Gasteiger partial charge < -0.3 is 9.84 Å². The standard InChI is InChI=1S/C11H20O3/c1-3-11(13)7-5-9(6-8-11)10(12)14-4-2/h9,13H,3-8H2,1-2H3. The van der Waals surface area contributed by atoms with Crippen LogP contribution in [0.4, 0.5) is 0 Å². The Balaban J connectivity index is 2.39. The molecule has 1 fully saturated rings. The van der Waals surface area contributed by atoms with E-state index < -0.39 is 5.60 Å². The van der Waals surface area contributed by atoms with E-state index in [2.05, 4.69) is 0 Å². The molecule has 0 spiro atoms. The van der Waals surface area contributed by atoms with E-state index in [4.69, 9.17) is 4.74 Å². The second kappa shape index (κ2) is 4.78. The summed E-state index contributed by atoms with van der Waals surface area (Å²) in [6.07, 6.45) is 3.77. The number of aliphatic hydroxyl groups is 1. The summed E-state index contributed by atoms with van der Waals surface area (Å²) in [6, 6.07) is 0. The van der Waals surface area contributed by atoms with Crippen LogP contribution in [0.5, 0.6) is 0 Å². The van der Waals surface area contributed by atoms with Gasteiger partial charge in [-0.2, -0.15) is 0 Å². The number of rotatable bonds is 3. The third-order valence-electron chi connectivity index (χ3n) is 3.19. The summed E-state index contributed by atoms with van der Waals surface area (Å²) in [5, 5.41) is 9.96. The molecule has 0 aromatic carbocycles. The van der Waals surface area contributed by atoms with Gasteiger partial charge in [-0.05, 0) is 39.0 Å². The lowest BCUT2D eigenvalue weighted by molar-refractivity contribution is -0.151. The van der Waals surface area contributed by atoms with Crippen LogP contribution in [-0.4, -0.2) is 23.3 Å². The van der Waals surface area contributed by atoms with E-state index in [-0.39, 0.29) is 11.9 Å². The SMILES string of the molecule is CCOC(=O)C1CCC(O)(CC)CC1. The van der Waals surface area contributed by atoms with Crippen LogP contribution in [0, 0.1) is 5.92 Å². The molecule has 0 atom stereocenters. The molecule has 0 unspecified atom stereocenters. The van der Waals surface area contributed by atoms with Gasteiger partial charge in [0, 0.05) is 0 Å². The third kappa shape index (κ3) is 2.71. The molecule has 0 aromatic rings. The van der Waals surface area contributed by atoms with E-state index in [1.54, 1.807) is 0 Å². The van der Waals surface area contributed by atoms with Gasteiger partial charge in [-0.25, -0.2) is 0 Å². The van der Waals surface area contributed by atoms with Crippen LogP contribution in [0.25, 0.3) is 0 Å². The highest BCUT2D eigenvalue weighted by Crippen LogP contribution is 2.34. The normalized spacial score (nSPS) is 32.6. The van der Waals surface area contributed by atoms with Crippen LogP contribution in [0.15, 0.2) is 0 Å². The fourth-order valence-corrected chi connectivity index (χ4v) is 2.00. The topological polar surface area (TPSA) is 46.5 Å². The highest BCUT2D eigenvalue weighted by molar-refractivity contribution is 5.72. The van der Waals surface area contributed by atoms with E-state index in [9.17, 15) is 9.90 Å². The lowest BCUT2D eigenvalue weighted by atomic mass is 9.77. The smallest absolute Gasteiger partial charge is 0.308 e.